The fourth-order valence-corrected chi connectivity index (χ4v) is 3.66. The third-order valence-corrected chi connectivity index (χ3v) is 5.19. The lowest BCUT2D eigenvalue weighted by Gasteiger charge is -2.33. The van der Waals surface area contributed by atoms with Gasteiger partial charge in [-0.3, -0.25) is 4.79 Å². The maximum atomic E-state index is 13.2. The quantitative estimate of drug-likeness (QED) is 0.671. The maximum absolute atomic E-state index is 13.2. The number of anilines is 2. The van der Waals surface area contributed by atoms with Crippen LogP contribution in [0.2, 0.25) is 5.02 Å². The molecule has 2 aromatic carbocycles. The van der Waals surface area contributed by atoms with Crippen molar-refractivity contribution in [2.45, 2.75) is 12.8 Å². The number of hydrogen-bond acceptors (Lipinski definition) is 4. The van der Waals surface area contributed by atoms with E-state index in [1.165, 1.54) is 12.1 Å². The van der Waals surface area contributed by atoms with E-state index in [4.69, 9.17) is 11.6 Å². The number of aromatic nitrogens is 2. The average molecular weight is 411 g/mol. The van der Waals surface area contributed by atoms with Crippen LogP contribution in [0.25, 0.3) is 11.4 Å². The van der Waals surface area contributed by atoms with Gasteiger partial charge in [0.15, 0.2) is 5.82 Å². The molecule has 1 atom stereocenters. The van der Waals surface area contributed by atoms with Crippen molar-refractivity contribution in [1.82, 2.24) is 9.97 Å². The molecular formula is C22H20ClFN4O. The first-order chi connectivity index (χ1) is 14.1. The monoisotopic (exact) mass is 410 g/mol. The summed E-state index contributed by atoms with van der Waals surface area (Å²) in [6.07, 6.45) is 3.40. The molecule has 3 aromatic rings. The smallest absolute Gasteiger partial charge is 0.229 e. The van der Waals surface area contributed by atoms with Gasteiger partial charge in [0.2, 0.25) is 5.91 Å². The van der Waals surface area contributed by atoms with Gasteiger partial charge in [-0.15, -0.1) is 0 Å². The van der Waals surface area contributed by atoms with Crippen LogP contribution < -0.4 is 10.2 Å². The summed E-state index contributed by atoms with van der Waals surface area (Å²) in [6.45, 7) is 1.40. The first-order valence-corrected chi connectivity index (χ1v) is 9.87. The predicted molar refractivity (Wildman–Crippen MR) is 112 cm³/mol. The predicted octanol–water partition coefficient (Wildman–Crippen LogP) is 4.79. The van der Waals surface area contributed by atoms with E-state index in [-0.39, 0.29) is 17.6 Å². The second kappa shape index (κ2) is 8.57. The van der Waals surface area contributed by atoms with E-state index in [9.17, 15) is 9.18 Å². The summed E-state index contributed by atoms with van der Waals surface area (Å²) in [5, 5.41) is 3.53. The minimum Gasteiger partial charge on any atom is -0.356 e. The van der Waals surface area contributed by atoms with Gasteiger partial charge in [0, 0.05) is 35.6 Å². The van der Waals surface area contributed by atoms with E-state index in [1.54, 1.807) is 30.5 Å². The molecule has 1 aliphatic rings. The molecule has 0 bridgehead atoms. The molecule has 0 saturated carbocycles. The van der Waals surface area contributed by atoms with Gasteiger partial charge in [-0.25, -0.2) is 14.4 Å². The molecule has 1 amide bonds. The molecular weight excluding hydrogens is 391 g/mol. The number of amides is 1. The largest absolute Gasteiger partial charge is 0.356 e. The van der Waals surface area contributed by atoms with Crippen molar-refractivity contribution in [3.05, 3.63) is 71.6 Å². The lowest BCUT2D eigenvalue weighted by Crippen LogP contribution is -2.41. The maximum Gasteiger partial charge on any atom is 0.229 e. The molecule has 0 radical (unpaired) electrons. The Hall–Kier alpha value is -2.99. The minimum atomic E-state index is -0.297. The zero-order valence-corrected chi connectivity index (χ0v) is 16.4. The van der Waals surface area contributed by atoms with E-state index < -0.39 is 0 Å². The summed E-state index contributed by atoms with van der Waals surface area (Å²) in [4.78, 5) is 23.8. The van der Waals surface area contributed by atoms with E-state index in [1.807, 2.05) is 18.2 Å². The zero-order valence-electron chi connectivity index (χ0n) is 15.7. The first-order valence-electron chi connectivity index (χ1n) is 9.49. The summed E-state index contributed by atoms with van der Waals surface area (Å²) in [5.41, 5.74) is 1.45. The summed E-state index contributed by atoms with van der Waals surface area (Å²) in [6, 6.07) is 15.1. The third kappa shape index (κ3) is 4.71. The van der Waals surface area contributed by atoms with Crippen molar-refractivity contribution in [2.75, 3.05) is 23.3 Å². The standard InChI is InChI=1S/C22H20ClFN4O/c23-17-4-1-5-19(13-17)26-22(29)16-3-2-12-28(14-16)20-10-11-25-21(27-20)15-6-8-18(24)9-7-15/h1,4-11,13,16H,2-3,12,14H2,(H,26,29)/t16-/m1/s1. The number of benzene rings is 2. The molecule has 148 valence electrons. The normalized spacial score (nSPS) is 16.5. The third-order valence-electron chi connectivity index (χ3n) is 4.95. The number of piperidine rings is 1. The van der Waals surface area contributed by atoms with Crippen LogP contribution in [-0.2, 0) is 4.79 Å². The number of carbonyl (C=O) groups is 1. The van der Waals surface area contributed by atoms with Gasteiger partial charge in [-0.2, -0.15) is 0 Å². The molecule has 1 aliphatic heterocycles. The van der Waals surface area contributed by atoms with E-state index in [0.29, 0.717) is 23.1 Å². The number of nitrogens with zero attached hydrogens (tertiary/aromatic N) is 3. The van der Waals surface area contributed by atoms with Crippen LogP contribution in [0.3, 0.4) is 0 Å². The molecule has 0 spiro atoms. The van der Waals surface area contributed by atoms with Gasteiger partial charge < -0.3 is 10.2 Å². The fraction of sp³-hybridized carbons (Fsp3) is 0.227. The zero-order chi connectivity index (χ0) is 20.2. The molecule has 1 saturated heterocycles. The van der Waals surface area contributed by atoms with Crippen molar-refractivity contribution >= 4 is 29.0 Å². The van der Waals surface area contributed by atoms with E-state index in [2.05, 4.69) is 20.2 Å². The highest BCUT2D eigenvalue weighted by molar-refractivity contribution is 6.30. The van der Waals surface area contributed by atoms with Crippen LogP contribution in [-0.4, -0.2) is 29.0 Å². The van der Waals surface area contributed by atoms with Crippen LogP contribution in [0.15, 0.2) is 60.8 Å². The van der Waals surface area contributed by atoms with Gasteiger partial charge >= 0.3 is 0 Å². The molecule has 5 nitrogen and oxygen atoms in total. The number of carbonyl (C=O) groups excluding carboxylic acids is 1. The van der Waals surface area contributed by atoms with Gasteiger partial charge in [-0.05, 0) is 61.4 Å². The first kappa shape index (κ1) is 19.3. The van der Waals surface area contributed by atoms with Crippen LogP contribution in [0.1, 0.15) is 12.8 Å². The Kier molecular flexibility index (Phi) is 5.71. The van der Waals surface area contributed by atoms with Gasteiger partial charge in [0.25, 0.3) is 0 Å². The number of nitrogens with one attached hydrogen (secondary N) is 1. The lowest BCUT2D eigenvalue weighted by atomic mass is 9.97. The highest BCUT2D eigenvalue weighted by Gasteiger charge is 2.27. The minimum absolute atomic E-state index is 0.0234. The van der Waals surface area contributed by atoms with Crippen molar-refractivity contribution in [2.24, 2.45) is 5.92 Å². The molecule has 4 rings (SSSR count). The van der Waals surface area contributed by atoms with Gasteiger partial charge in [0.05, 0.1) is 5.92 Å². The molecule has 1 N–H and O–H groups in total. The summed E-state index contributed by atoms with van der Waals surface area (Å²) in [5.74, 6) is 0.832. The average Bonchev–Trinajstić information content (AvgIpc) is 2.74. The van der Waals surface area contributed by atoms with Crippen LogP contribution in [0.4, 0.5) is 15.9 Å². The Morgan fingerprint density at radius 2 is 2.00 bits per heavy atom. The topological polar surface area (TPSA) is 58.1 Å². The van der Waals surface area contributed by atoms with Crippen molar-refractivity contribution in [3.8, 4) is 11.4 Å². The lowest BCUT2D eigenvalue weighted by molar-refractivity contribution is -0.120. The molecule has 0 aliphatic carbocycles. The van der Waals surface area contributed by atoms with Gasteiger partial charge in [0.1, 0.15) is 11.6 Å². The molecule has 7 heteroatoms. The van der Waals surface area contributed by atoms with Crippen LogP contribution in [0.5, 0.6) is 0 Å². The highest BCUT2D eigenvalue weighted by atomic mass is 35.5. The second-order valence-electron chi connectivity index (χ2n) is 7.03. The number of halogens is 2. The summed E-state index contributed by atoms with van der Waals surface area (Å²) >= 11 is 6.00. The Morgan fingerprint density at radius 1 is 1.17 bits per heavy atom. The Labute approximate surface area is 173 Å². The fourth-order valence-electron chi connectivity index (χ4n) is 3.47. The number of rotatable bonds is 4. The molecule has 2 heterocycles. The van der Waals surface area contributed by atoms with Crippen LogP contribution >= 0.6 is 11.6 Å². The van der Waals surface area contributed by atoms with Crippen LogP contribution in [0, 0.1) is 11.7 Å². The molecule has 1 aromatic heterocycles. The van der Waals surface area contributed by atoms with Gasteiger partial charge in [-0.1, -0.05) is 17.7 Å². The Balaban J connectivity index is 1.47. The van der Waals surface area contributed by atoms with E-state index >= 15 is 0 Å². The molecule has 0 unspecified atom stereocenters. The van der Waals surface area contributed by atoms with Crippen molar-refractivity contribution in [1.29, 1.82) is 0 Å². The number of hydrogen-bond donors (Lipinski definition) is 1. The summed E-state index contributed by atoms with van der Waals surface area (Å²) < 4.78 is 13.2. The SMILES string of the molecule is O=C(Nc1cccc(Cl)c1)[C@@H]1CCCN(c2ccnc(-c3ccc(F)cc3)n2)C1. The molecule has 1 fully saturated rings. The van der Waals surface area contributed by atoms with Crippen molar-refractivity contribution < 1.29 is 9.18 Å². The summed E-state index contributed by atoms with van der Waals surface area (Å²) in [7, 11) is 0. The highest BCUT2D eigenvalue weighted by Crippen LogP contribution is 2.25. The Morgan fingerprint density at radius 3 is 2.79 bits per heavy atom. The van der Waals surface area contributed by atoms with E-state index in [0.717, 1.165) is 30.8 Å². The van der Waals surface area contributed by atoms with Crippen molar-refractivity contribution in [3.63, 3.8) is 0 Å². The second-order valence-corrected chi connectivity index (χ2v) is 7.47. The molecule has 29 heavy (non-hydrogen) atoms. The Bertz CT molecular complexity index is 1010.